The van der Waals surface area contributed by atoms with Crippen molar-refractivity contribution in [2.24, 2.45) is 0 Å². The smallest absolute Gasteiger partial charge is 0.316 e. The predicted octanol–water partition coefficient (Wildman–Crippen LogP) is 2.93. The summed E-state index contributed by atoms with van der Waals surface area (Å²) in [6.07, 6.45) is 6.68. The third-order valence-corrected chi connectivity index (χ3v) is 5.29. The standard InChI is InChI=1S/C20H24N4O4/c1-2-24-15-10-9-13(11-16(15)27-12-17(24)25)18-22-20(28-23-18)19(26)21-14-7-5-3-4-6-8-14/h9-11,14H,2-8,12H2,1H3,(H,21,26). The second-order valence-electron chi connectivity index (χ2n) is 7.19. The Kier molecular flexibility index (Phi) is 5.27. The maximum absolute atomic E-state index is 12.4. The van der Waals surface area contributed by atoms with Gasteiger partial charge in [0.25, 0.3) is 5.91 Å². The van der Waals surface area contributed by atoms with Gasteiger partial charge in [-0.3, -0.25) is 9.59 Å². The molecule has 0 spiro atoms. The molecule has 0 atom stereocenters. The average Bonchev–Trinajstić information content (AvgIpc) is 3.07. The molecule has 1 aromatic carbocycles. The van der Waals surface area contributed by atoms with Gasteiger partial charge in [-0.25, -0.2) is 0 Å². The Morgan fingerprint density at radius 2 is 2.04 bits per heavy atom. The highest BCUT2D eigenvalue weighted by atomic mass is 16.5. The minimum Gasteiger partial charge on any atom is -0.482 e. The molecule has 28 heavy (non-hydrogen) atoms. The van der Waals surface area contributed by atoms with Crippen molar-refractivity contribution in [2.45, 2.75) is 51.5 Å². The summed E-state index contributed by atoms with van der Waals surface area (Å²) >= 11 is 0. The van der Waals surface area contributed by atoms with Crippen LogP contribution < -0.4 is 15.0 Å². The van der Waals surface area contributed by atoms with Gasteiger partial charge in [-0.1, -0.05) is 30.8 Å². The normalized spacial score (nSPS) is 17.6. The van der Waals surface area contributed by atoms with E-state index in [1.165, 1.54) is 12.8 Å². The number of hydrogen-bond acceptors (Lipinski definition) is 6. The predicted molar refractivity (Wildman–Crippen MR) is 102 cm³/mol. The topological polar surface area (TPSA) is 97.6 Å². The van der Waals surface area contributed by atoms with E-state index in [4.69, 9.17) is 9.26 Å². The zero-order valence-electron chi connectivity index (χ0n) is 15.9. The number of ether oxygens (including phenoxy) is 1. The van der Waals surface area contributed by atoms with Crippen molar-refractivity contribution in [3.8, 4) is 17.1 Å². The van der Waals surface area contributed by atoms with Gasteiger partial charge in [0.2, 0.25) is 5.82 Å². The molecular formula is C20H24N4O4. The van der Waals surface area contributed by atoms with Gasteiger partial charge in [-0.15, -0.1) is 0 Å². The van der Waals surface area contributed by atoms with E-state index >= 15 is 0 Å². The largest absolute Gasteiger partial charge is 0.482 e. The van der Waals surface area contributed by atoms with Crippen molar-refractivity contribution >= 4 is 17.5 Å². The Morgan fingerprint density at radius 3 is 2.79 bits per heavy atom. The zero-order chi connectivity index (χ0) is 19.5. The van der Waals surface area contributed by atoms with Gasteiger partial charge in [-0.05, 0) is 38.0 Å². The van der Waals surface area contributed by atoms with Crippen molar-refractivity contribution in [2.75, 3.05) is 18.1 Å². The highest BCUT2D eigenvalue weighted by molar-refractivity contribution is 5.98. The fourth-order valence-electron chi connectivity index (χ4n) is 3.79. The van der Waals surface area contributed by atoms with Crippen molar-refractivity contribution in [3.63, 3.8) is 0 Å². The number of amides is 2. The van der Waals surface area contributed by atoms with E-state index in [1.807, 2.05) is 6.92 Å². The molecule has 148 valence electrons. The quantitative estimate of drug-likeness (QED) is 0.814. The maximum atomic E-state index is 12.4. The molecule has 2 aliphatic rings. The van der Waals surface area contributed by atoms with Gasteiger partial charge in [-0.2, -0.15) is 4.98 Å². The summed E-state index contributed by atoms with van der Waals surface area (Å²) in [5.74, 6) is 0.469. The van der Waals surface area contributed by atoms with Crippen LogP contribution in [0.15, 0.2) is 22.7 Å². The number of carbonyl (C=O) groups is 2. The Labute approximate surface area is 163 Å². The van der Waals surface area contributed by atoms with Crippen LogP contribution in [-0.2, 0) is 4.79 Å². The van der Waals surface area contributed by atoms with Crippen molar-refractivity contribution in [1.29, 1.82) is 0 Å². The minimum absolute atomic E-state index is 0.00554. The summed E-state index contributed by atoms with van der Waals surface area (Å²) in [4.78, 5) is 30.3. The van der Waals surface area contributed by atoms with E-state index < -0.39 is 0 Å². The van der Waals surface area contributed by atoms with Crippen LogP contribution in [0.4, 0.5) is 5.69 Å². The lowest BCUT2D eigenvalue weighted by molar-refractivity contribution is -0.121. The van der Waals surface area contributed by atoms with Crippen molar-refractivity contribution < 1.29 is 18.8 Å². The average molecular weight is 384 g/mol. The van der Waals surface area contributed by atoms with Crippen LogP contribution in [0, 0.1) is 0 Å². The highest BCUT2D eigenvalue weighted by Crippen LogP contribution is 2.35. The van der Waals surface area contributed by atoms with E-state index in [1.54, 1.807) is 23.1 Å². The summed E-state index contributed by atoms with van der Waals surface area (Å²) < 4.78 is 10.7. The number of nitrogens with one attached hydrogen (secondary N) is 1. The summed E-state index contributed by atoms with van der Waals surface area (Å²) in [5.41, 5.74) is 1.39. The number of carbonyl (C=O) groups excluding carboxylic acids is 2. The molecule has 2 heterocycles. The molecule has 1 fully saturated rings. The van der Waals surface area contributed by atoms with E-state index in [2.05, 4.69) is 15.5 Å². The fourth-order valence-corrected chi connectivity index (χ4v) is 3.79. The lowest BCUT2D eigenvalue weighted by Gasteiger charge is -2.28. The number of benzene rings is 1. The molecule has 2 amide bonds. The van der Waals surface area contributed by atoms with Gasteiger partial charge in [0.1, 0.15) is 5.75 Å². The molecule has 0 saturated heterocycles. The molecule has 1 aliphatic heterocycles. The molecule has 1 aromatic heterocycles. The Morgan fingerprint density at radius 1 is 1.25 bits per heavy atom. The first-order chi connectivity index (χ1) is 13.7. The number of nitrogens with zero attached hydrogens (tertiary/aromatic N) is 3. The van der Waals surface area contributed by atoms with Crippen molar-refractivity contribution in [3.05, 3.63) is 24.1 Å². The molecule has 2 aromatic rings. The summed E-state index contributed by atoms with van der Waals surface area (Å²) in [6.45, 7) is 2.49. The van der Waals surface area contributed by atoms with E-state index in [-0.39, 0.29) is 30.4 Å². The van der Waals surface area contributed by atoms with Crippen LogP contribution in [0.2, 0.25) is 0 Å². The molecule has 1 aliphatic carbocycles. The van der Waals surface area contributed by atoms with Gasteiger partial charge in [0.15, 0.2) is 6.61 Å². The molecule has 8 heteroatoms. The Bertz CT molecular complexity index is 871. The Hall–Kier alpha value is -2.90. The first-order valence-electron chi connectivity index (χ1n) is 9.88. The molecular weight excluding hydrogens is 360 g/mol. The lowest BCUT2D eigenvalue weighted by atomic mass is 10.1. The molecule has 1 saturated carbocycles. The molecule has 8 nitrogen and oxygen atoms in total. The minimum atomic E-state index is -0.331. The second-order valence-corrected chi connectivity index (χ2v) is 7.19. The monoisotopic (exact) mass is 384 g/mol. The summed E-state index contributed by atoms with van der Waals surface area (Å²) in [7, 11) is 0. The molecule has 1 N–H and O–H groups in total. The Balaban J connectivity index is 1.50. The number of fused-ring (bicyclic) bond motifs is 1. The third-order valence-electron chi connectivity index (χ3n) is 5.29. The number of likely N-dealkylation sites (N-methyl/N-ethyl adjacent to an activating group) is 1. The first-order valence-corrected chi connectivity index (χ1v) is 9.88. The number of anilines is 1. The van der Waals surface area contributed by atoms with Crippen LogP contribution in [-0.4, -0.2) is 41.1 Å². The first kappa shape index (κ1) is 18.5. The summed E-state index contributed by atoms with van der Waals surface area (Å²) in [5, 5.41) is 6.94. The van der Waals surface area contributed by atoms with Crippen LogP contribution >= 0.6 is 0 Å². The molecule has 4 rings (SSSR count). The van der Waals surface area contributed by atoms with Crippen LogP contribution in [0.5, 0.6) is 5.75 Å². The number of hydrogen-bond donors (Lipinski definition) is 1. The third kappa shape index (κ3) is 3.72. The van der Waals surface area contributed by atoms with Crippen LogP contribution in [0.3, 0.4) is 0 Å². The van der Waals surface area contributed by atoms with E-state index in [0.29, 0.717) is 23.7 Å². The molecule has 0 unspecified atom stereocenters. The molecule has 0 bridgehead atoms. The summed E-state index contributed by atoms with van der Waals surface area (Å²) in [6, 6.07) is 5.52. The van der Waals surface area contributed by atoms with E-state index in [9.17, 15) is 9.59 Å². The highest BCUT2D eigenvalue weighted by Gasteiger charge is 2.26. The second kappa shape index (κ2) is 8.00. The van der Waals surface area contributed by atoms with Crippen LogP contribution in [0.1, 0.15) is 56.1 Å². The SMILES string of the molecule is CCN1C(=O)COc2cc(-c3noc(C(=O)NC4CCCCCC4)n3)ccc21. The van der Waals surface area contributed by atoms with Gasteiger partial charge >= 0.3 is 11.8 Å². The number of rotatable bonds is 4. The maximum Gasteiger partial charge on any atom is 0.316 e. The molecule has 0 radical (unpaired) electrons. The van der Waals surface area contributed by atoms with Gasteiger partial charge < -0.3 is 19.5 Å². The lowest BCUT2D eigenvalue weighted by Crippen LogP contribution is -2.38. The van der Waals surface area contributed by atoms with E-state index in [0.717, 1.165) is 31.4 Å². The van der Waals surface area contributed by atoms with Gasteiger partial charge in [0.05, 0.1) is 5.69 Å². The van der Waals surface area contributed by atoms with Crippen molar-refractivity contribution in [1.82, 2.24) is 15.5 Å². The van der Waals surface area contributed by atoms with Crippen LogP contribution in [0.25, 0.3) is 11.4 Å². The van der Waals surface area contributed by atoms with Gasteiger partial charge in [0, 0.05) is 18.2 Å². The zero-order valence-corrected chi connectivity index (χ0v) is 15.9. The fraction of sp³-hybridized carbons (Fsp3) is 0.500. The number of aromatic nitrogens is 2.